The van der Waals surface area contributed by atoms with Gasteiger partial charge in [-0.25, -0.2) is 14.0 Å². The lowest BCUT2D eigenvalue weighted by Crippen LogP contribution is -2.55. The Labute approximate surface area is 161 Å². The standard InChI is InChI=1S/C18H25BrFNO5/c1-17(2,3)26-16(23)21-18(4,15(22)24-5)11-12-6-7-14(13(19)10-12)25-9-8-20/h6-7,10H,8-9,11H2,1-5H3,(H,21,23)/t18-/m0/s1. The Morgan fingerprint density at radius 2 is 1.88 bits per heavy atom. The molecule has 0 bridgehead atoms. The predicted octanol–water partition coefficient (Wildman–Crippen LogP) is 3.80. The first kappa shape index (κ1) is 22.2. The van der Waals surface area contributed by atoms with Gasteiger partial charge >= 0.3 is 12.1 Å². The number of carbonyl (C=O) groups is 2. The Morgan fingerprint density at radius 1 is 1.23 bits per heavy atom. The summed E-state index contributed by atoms with van der Waals surface area (Å²) in [6.07, 6.45) is -0.548. The maximum absolute atomic E-state index is 12.3. The van der Waals surface area contributed by atoms with Crippen molar-refractivity contribution in [2.75, 3.05) is 20.4 Å². The van der Waals surface area contributed by atoms with Crippen LogP contribution in [0.2, 0.25) is 0 Å². The fourth-order valence-corrected chi connectivity index (χ4v) is 2.79. The summed E-state index contributed by atoms with van der Waals surface area (Å²) >= 11 is 3.35. The molecule has 0 fully saturated rings. The van der Waals surface area contributed by atoms with Crippen molar-refractivity contribution in [3.05, 3.63) is 28.2 Å². The van der Waals surface area contributed by atoms with E-state index in [-0.39, 0.29) is 13.0 Å². The van der Waals surface area contributed by atoms with Crippen molar-refractivity contribution in [1.29, 1.82) is 0 Å². The molecule has 1 atom stereocenters. The number of benzene rings is 1. The Morgan fingerprint density at radius 3 is 2.38 bits per heavy atom. The average molecular weight is 434 g/mol. The van der Waals surface area contributed by atoms with E-state index >= 15 is 0 Å². The molecule has 6 nitrogen and oxygen atoms in total. The van der Waals surface area contributed by atoms with E-state index < -0.39 is 29.9 Å². The van der Waals surface area contributed by atoms with Crippen LogP contribution in [-0.4, -0.2) is 43.6 Å². The lowest BCUT2D eigenvalue weighted by Gasteiger charge is -2.30. The van der Waals surface area contributed by atoms with Gasteiger partial charge in [0.2, 0.25) is 0 Å². The van der Waals surface area contributed by atoms with Crippen LogP contribution in [0.4, 0.5) is 9.18 Å². The fraction of sp³-hybridized carbons (Fsp3) is 0.556. The molecular weight excluding hydrogens is 409 g/mol. The van der Waals surface area contributed by atoms with Crippen molar-refractivity contribution in [3.8, 4) is 5.75 Å². The molecule has 1 aromatic carbocycles. The van der Waals surface area contributed by atoms with Crippen LogP contribution >= 0.6 is 15.9 Å². The normalized spacial score (nSPS) is 13.5. The van der Waals surface area contributed by atoms with Gasteiger partial charge in [0, 0.05) is 6.42 Å². The molecule has 0 saturated heterocycles. The molecule has 1 rings (SSSR count). The zero-order valence-corrected chi connectivity index (χ0v) is 17.2. The summed E-state index contributed by atoms with van der Waals surface area (Å²) in [5, 5.41) is 2.59. The van der Waals surface area contributed by atoms with E-state index in [1.807, 2.05) is 0 Å². The monoisotopic (exact) mass is 433 g/mol. The van der Waals surface area contributed by atoms with Gasteiger partial charge < -0.3 is 19.5 Å². The highest BCUT2D eigenvalue weighted by Gasteiger charge is 2.38. The lowest BCUT2D eigenvalue weighted by atomic mass is 9.93. The van der Waals surface area contributed by atoms with Crippen LogP contribution in [0.25, 0.3) is 0 Å². The van der Waals surface area contributed by atoms with Crippen LogP contribution in [-0.2, 0) is 20.7 Å². The zero-order valence-electron chi connectivity index (χ0n) is 15.7. The van der Waals surface area contributed by atoms with E-state index in [9.17, 15) is 14.0 Å². The Bertz CT molecular complexity index is 647. The molecule has 0 aromatic heterocycles. The molecular formula is C18H25BrFNO5. The number of amides is 1. The molecule has 0 aliphatic heterocycles. The van der Waals surface area contributed by atoms with Gasteiger partial charge in [0.05, 0.1) is 11.6 Å². The molecule has 0 saturated carbocycles. The second kappa shape index (κ2) is 9.21. The predicted molar refractivity (Wildman–Crippen MR) is 99.1 cm³/mol. The Balaban J connectivity index is 2.98. The third-order valence-electron chi connectivity index (χ3n) is 3.30. The molecule has 146 valence electrons. The number of nitrogens with one attached hydrogen (secondary N) is 1. The van der Waals surface area contributed by atoms with Gasteiger partial charge in [-0.15, -0.1) is 0 Å². The van der Waals surface area contributed by atoms with Gasteiger partial charge in [0.25, 0.3) is 0 Å². The number of hydrogen-bond acceptors (Lipinski definition) is 5. The Kier molecular flexibility index (Phi) is 7.87. The van der Waals surface area contributed by atoms with Gasteiger partial charge in [-0.1, -0.05) is 6.07 Å². The smallest absolute Gasteiger partial charge is 0.408 e. The van der Waals surface area contributed by atoms with Crippen LogP contribution in [0, 0.1) is 0 Å². The van der Waals surface area contributed by atoms with Gasteiger partial charge in [0.15, 0.2) is 0 Å². The molecule has 26 heavy (non-hydrogen) atoms. The van der Waals surface area contributed by atoms with E-state index in [1.165, 1.54) is 7.11 Å². The first-order valence-electron chi connectivity index (χ1n) is 8.07. The van der Waals surface area contributed by atoms with E-state index in [4.69, 9.17) is 14.2 Å². The van der Waals surface area contributed by atoms with E-state index in [0.717, 1.165) is 5.56 Å². The summed E-state index contributed by atoms with van der Waals surface area (Å²) < 4.78 is 28.2. The summed E-state index contributed by atoms with van der Waals surface area (Å²) in [7, 11) is 1.25. The van der Waals surface area contributed by atoms with Gasteiger partial charge in [-0.3, -0.25) is 0 Å². The minimum atomic E-state index is -1.32. The SMILES string of the molecule is COC(=O)[C@](C)(Cc1ccc(OCCF)c(Br)c1)NC(=O)OC(C)(C)C. The summed E-state index contributed by atoms with van der Waals surface area (Å²) in [5.74, 6) is -0.108. The molecule has 0 unspecified atom stereocenters. The first-order chi connectivity index (χ1) is 12.0. The van der Waals surface area contributed by atoms with Gasteiger partial charge in [-0.2, -0.15) is 0 Å². The van der Waals surface area contributed by atoms with Crippen LogP contribution in [0.15, 0.2) is 22.7 Å². The molecule has 1 aromatic rings. The number of hydrogen-bond donors (Lipinski definition) is 1. The van der Waals surface area contributed by atoms with Crippen molar-refractivity contribution >= 4 is 28.0 Å². The van der Waals surface area contributed by atoms with Crippen molar-refractivity contribution in [3.63, 3.8) is 0 Å². The summed E-state index contributed by atoms with van der Waals surface area (Å²) in [5.41, 5.74) is -1.27. The quantitative estimate of drug-likeness (QED) is 0.661. The molecule has 0 heterocycles. The number of halogens is 2. The molecule has 0 aliphatic carbocycles. The maximum atomic E-state index is 12.3. The van der Waals surface area contributed by atoms with E-state index in [2.05, 4.69) is 21.2 Å². The van der Waals surface area contributed by atoms with Gasteiger partial charge in [-0.05, 0) is 61.3 Å². The maximum Gasteiger partial charge on any atom is 0.408 e. The van der Waals surface area contributed by atoms with E-state index in [0.29, 0.717) is 10.2 Å². The van der Waals surface area contributed by atoms with Crippen molar-refractivity contribution in [1.82, 2.24) is 5.32 Å². The van der Waals surface area contributed by atoms with Crippen molar-refractivity contribution in [2.45, 2.75) is 45.3 Å². The average Bonchev–Trinajstić information content (AvgIpc) is 2.51. The summed E-state index contributed by atoms with van der Waals surface area (Å²) in [4.78, 5) is 24.4. The number of rotatable bonds is 7. The summed E-state index contributed by atoms with van der Waals surface area (Å²) in [6.45, 7) is 6.12. The first-order valence-corrected chi connectivity index (χ1v) is 8.87. The minimum absolute atomic E-state index is 0.0436. The lowest BCUT2D eigenvalue weighted by molar-refractivity contribution is -0.147. The molecule has 1 N–H and O–H groups in total. The van der Waals surface area contributed by atoms with Gasteiger partial charge in [0.1, 0.15) is 30.2 Å². The number of alkyl carbamates (subject to hydrolysis) is 1. The highest BCUT2D eigenvalue weighted by Crippen LogP contribution is 2.28. The number of ether oxygens (including phenoxy) is 3. The van der Waals surface area contributed by atoms with E-state index in [1.54, 1.807) is 45.9 Å². The second-order valence-electron chi connectivity index (χ2n) is 6.93. The Hall–Kier alpha value is -1.83. The zero-order chi connectivity index (χ0) is 20.0. The molecule has 0 spiro atoms. The number of esters is 1. The number of methoxy groups -OCH3 is 1. The van der Waals surface area contributed by atoms with Crippen molar-refractivity contribution in [2.24, 2.45) is 0 Å². The third kappa shape index (κ3) is 6.82. The highest BCUT2D eigenvalue weighted by molar-refractivity contribution is 9.10. The van der Waals surface area contributed by atoms with Crippen LogP contribution in [0.1, 0.15) is 33.3 Å². The van der Waals surface area contributed by atoms with Crippen LogP contribution < -0.4 is 10.1 Å². The minimum Gasteiger partial charge on any atom is -0.490 e. The highest BCUT2D eigenvalue weighted by atomic mass is 79.9. The van der Waals surface area contributed by atoms with Crippen LogP contribution in [0.5, 0.6) is 5.75 Å². The summed E-state index contributed by atoms with van der Waals surface area (Å²) in [6, 6.07) is 5.14. The second-order valence-corrected chi connectivity index (χ2v) is 7.78. The molecule has 0 aliphatic rings. The largest absolute Gasteiger partial charge is 0.490 e. The van der Waals surface area contributed by atoms with Crippen LogP contribution in [0.3, 0.4) is 0 Å². The van der Waals surface area contributed by atoms with Crippen molar-refractivity contribution < 1.29 is 28.2 Å². The number of alkyl halides is 1. The molecule has 1 amide bonds. The fourth-order valence-electron chi connectivity index (χ4n) is 2.25. The topological polar surface area (TPSA) is 73.9 Å². The molecule has 8 heteroatoms. The third-order valence-corrected chi connectivity index (χ3v) is 3.92. The molecule has 0 radical (unpaired) electrons. The number of carbonyl (C=O) groups excluding carboxylic acids is 2.